The molecule has 0 spiro atoms. The molecule has 0 bridgehead atoms. The SMILES string of the molecule is CCc1[cH-]c2cccc([Si](c3ccccc3)(c3ccccc3)c3cccc4[cH-]c(CC)c(-c5cccc6ccccc56)c34)c2c1-c1cccc2ccccc12.[CH2-]CCC.[CH2-]CCC.[Ti+4]. The quantitative estimate of drug-likeness (QED) is 0.0729. The molecule has 10 rings (SSSR count). The molecule has 0 aliphatic heterocycles. The fourth-order valence-electron chi connectivity index (χ4n) is 9.77. The summed E-state index contributed by atoms with van der Waals surface area (Å²) in [4.78, 5) is 0. The molecular formula is C62H60SiTi. The molecule has 0 atom stereocenters. The fourth-order valence-corrected chi connectivity index (χ4v) is 15.0. The van der Waals surface area contributed by atoms with E-state index in [0.29, 0.717) is 0 Å². The van der Waals surface area contributed by atoms with Crippen LogP contribution in [-0.4, -0.2) is 8.07 Å². The Bertz CT molecular complexity index is 2850. The predicted molar refractivity (Wildman–Crippen MR) is 281 cm³/mol. The number of hydrogen-bond acceptors (Lipinski definition) is 0. The minimum Gasteiger partial charge on any atom is -0.343 e. The summed E-state index contributed by atoms with van der Waals surface area (Å²) in [5.41, 5.74) is 8.20. The molecule has 10 aromatic carbocycles. The van der Waals surface area contributed by atoms with Gasteiger partial charge in [0.25, 0.3) is 0 Å². The largest absolute Gasteiger partial charge is 4.00 e. The van der Waals surface area contributed by atoms with Gasteiger partial charge in [-0.15, -0.1) is 80.2 Å². The second-order valence-corrected chi connectivity index (χ2v) is 20.3. The van der Waals surface area contributed by atoms with Crippen molar-refractivity contribution < 1.29 is 21.7 Å². The second kappa shape index (κ2) is 21.4. The van der Waals surface area contributed by atoms with Gasteiger partial charge in [-0.2, -0.15) is 12.8 Å². The molecule has 0 saturated heterocycles. The summed E-state index contributed by atoms with van der Waals surface area (Å²) in [6, 6.07) is 73.8. The first-order valence-corrected chi connectivity index (χ1v) is 25.1. The van der Waals surface area contributed by atoms with E-state index in [-0.39, 0.29) is 21.7 Å². The van der Waals surface area contributed by atoms with E-state index in [0.717, 1.165) is 25.7 Å². The minimum absolute atomic E-state index is 0. The van der Waals surface area contributed by atoms with Crippen molar-refractivity contribution in [2.75, 3.05) is 0 Å². The maximum Gasteiger partial charge on any atom is 4.00 e. The van der Waals surface area contributed by atoms with Gasteiger partial charge < -0.3 is 13.8 Å². The van der Waals surface area contributed by atoms with E-state index < -0.39 is 8.07 Å². The molecule has 10 aromatic rings. The van der Waals surface area contributed by atoms with Crippen molar-refractivity contribution in [3.05, 3.63) is 219 Å². The predicted octanol–water partition coefficient (Wildman–Crippen LogP) is 14.8. The van der Waals surface area contributed by atoms with Crippen LogP contribution >= 0.6 is 0 Å². The van der Waals surface area contributed by atoms with Gasteiger partial charge in [-0.3, -0.25) is 0 Å². The summed E-state index contributed by atoms with van der Waals surface area (Å²) in [5, 5.41) is 16.3. The average Bonchev–Trinajstić information content (AvgIpc) is 3.94. The summed E-state index contributed by atoms with van der Waals surface area (Å²) in [6.45, 7) is 16.1. The third-order valence-electron chi connectivity index (χ3n) is 12.8. The summed E-state index contributed by atoms with van der Waals surface area (Å²) in [6.07, 6.45) is 6.48. The van der Waals surface area contributed by atoms with E-state index in [1.165, 1.54) is 110 Å². The molecule has 64 heavy (non-hydrogen) atoms. The molecule has 0 amide bonds. The van der Waals surface area contributed by atoms with Gasteiger partial charge in [0.2, 0.25) is 0 Å². The van der Waals surface area contributed by atoms with Crippen LogP contribution in [0, 0.1) is 13.8 Å². The topological polar surface area (TPSA) is 0 Å². The number of benzene rings is 8. The maximum absolute atomic E-state index is 3.60. The van der Waals surface area contributed by atoms with E-state index >= 15 is 0 Å². The molecule has 0 unspecified atom stereocenters. The normalized spacial score (nSPS) is 11.2. The zero-order chi connectivity index (χ0) is 43.8. The Morgan fingerprint density at radius 3 is 1.12 bits per heavy atom. The number of fused-ring (bicyclic) bond motifs is 4. The maximum atomic E-state index is 3.60. The zero-order valence-corrected chi connectivity index (χ0v) is 40.7. The first-order chi connectivity index (χ1) is 31.0. The number of aryl methyl sites for hydroxylation is 2. The minimum atomic E-state index is -3.09. The molecule has 2 heteroatoms. The van der Waals surface area contributed by atoms with Crippen molar-refractivity contribution in [2.45, 2.75) is 66.2 Å². The Labute approximate surface area is 398 Å². The van der Waals surface area contributed by atoms with Crippen molar-refractivity contribution in [1.82, 2.24) is 0 Å². The van der Waals surface area contributed by atoms with Crippen LogP contribution in [0.25, 0.3) is 65.3 Å². The molecule has 0 aromatic heterocycles. The smallest absolute Gasteiger partial charge is 0.343 e. The van der Waals surface area contributed by atoms with Crippen LogP contribution in [0.5, 0.6) is 0 Å². The molecule has 0 heterocycles. The van der Waals surface area contributed by atoms with Gasteiger partial charge in [0.15, 0.2) is 8.07 Å². The van der Waals surface area contributed by atoms with E-state index in [4.69, 9.17) is 0 Å². The monoisotopic (exact) mass is 880 g/mol. The van der Waals surface area contributed by atoms with Crippen LogP contribution in [-0.2, 0) is 34.6 Å². The van der Waals surface area contributed by atoms with E-state index in [1.807, 2.05) is 0 Å². The Balaban J connectivity index is 0.000000631. The van der Waals surface area contributed by atoms with E-state index in [9.17, 15) is 0 Å². The average molecular weight is 881 g/mol. The first-order valence-electron chi connectivity index (χ1n) is 23.1. The van der Waals surface area contributed by atoms with Crippen LogP contribution in [0.4, 0.5) is 0 Å². The molecule has 0 fully saturated rings. The van der Waals surface area contributed by atoms with Gasteiger partial charge >= 0.3 is 21.7 Å². The fraction of sp³-hybridized carbons (Fsp3) is 0.161. The standard InChI is InChI=1S/C54H42Si.2C4H9.Ti/c1-3-37-35-41-23-17-33-49(53(41)51(37)47-31-15-21-39-19-11-13-29-45(39)47)55(43-25-7-5-8-26-43,44-27-9-6-10-28-44)50-34-18-24-42-36-38(4-2)52(54(42)50)48-32-16-22-40-20-12-14-30-46(40)48;2*1-3-4-2;/h5-36H,3-4H2,1-2H3;2*1,3-4H2,2H3;/q-2;2*-1;+4. The van der Waals surface area contributed by atoms with E-state index in [2.05, 4.69) is 236 Å². The molecule has 0 nitrogen and oxygen atoms in total. The molecule has 0 radical (unpaired) electrons. The summed E-state index contributed by atoms with van der Waals surface area (Å²) in [7, 11) is -3.09. The van der Waals surface area contributed by atoms with Crippen LogP contribution in [0.3, 0.4) is 0 Å². The number of unbranched alkanes of at least 4 members (excludes halogenated alkanes) is 2. The molecular weight excluding hydrogens is 821 g/mol. The van der Waals surface area contributed by atoms with Crippen molar-refractivity contribution in [2.24, 2.45) is 0 Å². The first kappa shape index (κ1) is 46.4. The van der Waals surface area contributed by atoms with Gasteiger partial charge in [-0.05, 0) is 44.8 Å². The summed E-state index contributed by atoms with van der Waals surface area (Å²) < 4.78 is 0. The van der Waals surface area contributed by atoms with E-state index in [1.54, 1.807) is 0 Å². The summed E-state index contributed by atoms with van der Waals surface area (Å²) in [5.74, 6) is 0. The van der Waals surface area contributed by atoms with Crippen LogP contribution in [0.15, 0.2) is 194 Å². The Kier molecular flexibility index (Phi) is 15.5. The van der Waals surface area contributed by atoms with Gasteiger partial charge in [-0.25, -0.2) is 0 Å². The van der Waals surface area contributed by atoms with Crippen LogP contribution < -0.4 is 20.7 Å². The van der Waals surface area contributed by atoms with Crippen molar-refractivity contribution >= 4 is 71.9 Å². The second-order valence-electron chi connectivity index (χ2n) is 16.6. The van der Waals surface area contributed by atoms with Gasteiger partial charge in [0, 0.05) is 0 Å². The Morgan fingerprint density at radius 1 is 0.406 bits per heavy atom. The third kappa shape index (κ3) is 8.55. The van der Waals surface area contributed by atoms with Crippen molar-refractivity contribution in [1.29, 1.82) is 0 Å². The Morgan fingerprint density at radius 2 is 0.750 bits per heavy atom. The van der Waals surface area contributed by atoms with Gasteiger partial charge in [0.1, 0.15) is 0 Å². The molecule has 0 saturated carbocycles. The van der Waals surface area contributed by atoms with Crippen LogP contribution in [0.2, 0.25) is 0 Å². The third-order valence-corrected chi connectivity index (χ3v) is 17.7. The molecule has 0 aliphatic rings. The Hall–Kier alpha value is -5.57. The summed E-state index contributed by atoms with van der Waals surface area (Å²) >= 11 is 0. The molecule has 0 aliphatic carbocycles. The van der Waals surface area contributed by atoms with Crippen molar-refractivity contribution in [3.63, 3.8) is 0 Å². The van der Waals surface area contributed by atoms with Crippen molar-refractivity contribution in [3.8, 4) is 22.3 Å². The number of rotatable bonds is 10. The van der Waals surface area contributed by atoms with Gasteiger partial charge in [-0.1, -0.05) is 220 Å². The van der Waals surface area contributed by atoms with Gasteiger partial charge in [0.05, 0.1) is 0 Å². The zero-order valence-electron chi connectivity index (χ0n) is 38.1. The van der Waals surface area contributed by atoms with Crippen LogP contribution in [0.1, 0.15) is 64.5 Å². The number of hydrogen-bond donors (Lipinski definition) is 0. The molecule has 0 N–H and O–H groups in total. The molecule has 316 valence electrons.